The van der Waals surface area contributed by atoms with E-state index in [9.17, 15) is 18.0 Å². The van der Waals surface area contributed by atoms with E-state index in [1.807, 2.05) is 0 Å². The maximum atomic E-state index is 14.2. The van der Waals surface area contributed by atoms with E-state index in [0.717, 1.165) is 0 Å². The SMILES string of the molecule is COC(=O)CC(B1OC(C)(C)C(C)(C)O1)c1c(F)cc(F)cc1F. The number of carbonyl (C=O) groups is 1. The molecule has 1 aliphatic rings. The van der Waals surface area contributed by atoms with Crippen LogP contribution in [0.2, 0.25) is 0 Å². The van der Waals surface area contributed by atoms with Crippen molar-refractivity contribution in [1.82, 2.24) is 0 Å². The summed E-state index contributed by atoms with van der Waals surface area (Å²) in [5.74, 6) is -5.04. The number of rotatable bonds is 4. The minimum Gasteiger partial charge on any atom is -0.469 e. The zero-order valence-electron chi connectivity index (χ0n) is 14.3. The van der Waals surface area contributed by atoms with Gasteiger partial charge in [-0.15, -0.1) is 0 Å². The van der Waals surface area contributed by atoms with Crippen molar-refractivity contribution in [3.63, 3.8) is 0 Å². The fraction of sp³-hybridized carbons (Fsp3) is 0.562. The van der Waals surface area contributed by atoms with Gasteiger partial charge in [0.05, 0.1) is 24.7 Å². The third-order valence-electron chi connectivity index (χ3n) is 4.63. The highest BCUT2D eigenvalue weighted by Gasteiger charge is 2.55. The summed E-state index contributed by atoms with van der Waals surface area (Å²) in [4.78, 5) is 11.7. The number of methoxy groups -OCH3 is 1. The summed E-state index contributed by atoms with van der Waals surface area (Å²) in [7, 11) is 0.0876. The zero-order valence-corrected chi connectivity index (χ0v) is 14.3. The van der Waals surface area contributed by atoms with Crippen LogP contribution in [-0.2, 0) is 18.8 Å². The van der Waals surface area contributed by atoms with Gasteiger partial charge in [-0.05, 0) is 27.7 Å². The Hall–Kier alpha value is -1.54. The van der Waals surface area contributed by atoms with Crippen LogP contribution in [-0.4, -0.2) is 31.4 Å². The molecule has 0 saturated carbocycles. The molecule has 0 radical (unpaired) electrons. The molecule has 0 spiro atoms. The zero-order chi connectivity index (χ0) is 18.3. The molecule has 0 bridgehead atoms. The fourth-order valence-electron chi connectivity index (χ4n) is 2.56. The minimum atomic E-state index is -1.11. The quantitative estimate of drug-likeness (QED) is 0.621. The van der Waals surface area contributed by atoms with E-state index in [-0.39, 0.29) is 6.42 Å². The predicted molar refractivity (Wildman–Crippen MR) is 81.8 cm³/mol. The van der Waals surface area contributed by atoms with Crippen LogP contribution in [0.15, 0.2) is 12.1 Å². The first-order valence-corrected chi connectivity index (χ1v) is 7.55. The monoisotopic (exact) mass is 344 g/mol. The summed E-state index contributed by atoms with van der Waals surface area (Å²) in [5.41, 5.74) is -1.96. The summed E-state index contributed by atoms with van der Waals surface area (Å²) in [6.45, 7) is 7.11. The number of hydrogen-bond donors (Lipinski definition) is 0. The number of esters is 1. The summed E-state index contributed by atoms with van der Waals surface area (Å²) in [6.07, 6.45) is -0.368. The van der Waals surface area contributed by atoms with Gasteiger partial charge in [0.15, 0.2) is 0 Å². The standard InChI is InChI=1S/C16H20BF3O4/c1-15(2)16(3,4)24-17(23-15)10(8-13(21)22-5)14-11(19)6-9(18)7-12(14)20/h6-7,10H,8H2,1-5H3. The molecule has 1 aliphatic heterocycles. The molecule has 0 amide bonds. The van der Waals surface area contributed by atoms with Crippen LogP contribution in [0.1, 0.15) is 45.5 Å². The first kappa shape index (κ1) is 18.8. The van der Waals surface area contributed by atoms with Crippen LogP contribution in [0.25, 0.3) is 0 Å². The van der Waals surface area contributed by atoms with Gasteiger partial charge in [0.25, 0.3) is 0 Å². The van der Waals surface area contributed by atoms with Gasteiger partial charge in [-0.1, -0.05) is 0 Å². The summed E-state index contributed by atoms with van der Waals surface area (Å²) in [5, 5.41) is 0. The second kappa shape index (κ2) is 6.40. The maximum Gasteiger partial charge on any atom is 0.466 e. The second-order valence-electron chi connectivity index (χ2n) is 6.79. The van der Waals surface area contributed by atoms with Crippen LogP contribution in [0.4, 0.5) is 13.2 Å². The van der Waals surface area contributed by atoms with E-state index < -0.39 is 53.1 Å². The minimum absolute atomic E-state index is 0.368. The molecule has 132 valence electrons. The number of ether oxygens (including phenoxy) is 1. The van der Waals surface area contributed by atoms with Crippen molar-refractivity contribution in [3.05, 3.63) is 35.1 Å². The lowest BCUT2D eigenvalue weighted by molar-refractivity contribution is -0.140. The molecule has 1 aromatic carbocycles. The topological polar surface area (TPSA) is 44.8 Å². The average Bonchev–Trinajstić information content (AvgIpc) is 2.64. The largest absolute Gasteiger partial charge is 0.469 e. The van der Waals surface area contributed by atoms with Crippen LogP contribution >= 0.6 is 0 Å². The van der Waals surface area contributed by atoms with Crippen molar-refractivity contribution in [2.24, 2.45) is 0 Å². The van der Waals surface area contributed by atoms with Gasteiger partial charge in [0.2, 0.25) is 0 Å². The lowest BCUT2D eigenvalue weighted by Crippen LogP contribution is -2.41. The highest BCUT2D eigenvalue weighted by atomic mass is 19.1. The van der Waals surface area contributed by atoms with E-state index in [4.69, 9.17) is 9.31 Å². The molecule has 4 nitrogen and oxygen atoms in total. The highest BCUT2D eigenvalue weighted by Crippen LogP contribution is 2.42. The van der Waals surface area contributed by atoms with Crippen molar-refractivity contribution < 1.29 is 32.0 Å². The third kappa shape index (κ3) is 3.44. The van der Waals surface area contributed by atoms with E-state index in [1.54, 1.807) is 27.7 Å². The molecule has 0 aromatic heterocycles. The highest BCUT2D eigenvalue weighted by molar-refractivity contribution is 6.48. The van der Waals surface area contributed by atoms with E-state index in [1.165, 1.54) is 7.11 Å². The number of halogens is 3. The second-order valence-corrected chi connectivity index (χ2v) is 6.79. The first-order chi connectivity index (χ1) is 11.0. The van der Waals surface area contributed by atoms with Gasteiger partial charge in [-0.2, -0.15) is 0 Å². The molecule has 0 N–H and O–H groups in total. The van der Waals surface area contributed by atoms with Crippen molar-refractivity contribution in [1.29, 1.82) is 0 Å². The summed E-state index contributed by atoms with van der Waals surface area (Å²) < 4.78 is 57.8. The molecule has 2 rings (SSSR count). The predicted octanol–water partition coefficient (Wildman–Crippen LogP) is 3.38. The molecular formula is C16H20BF3O4. The number of hydrogen-bond acceptors (Lipinski definition) is 4. The smallest absolute Gasteiger partial charge is 0.466 e. The molecule has 1 fully saturated rings. The van der Waals surface area contributed by atoms with Gasteiger partial charge < -0.3 is 14.0 Å². The Kier molecular flexibility index (Phi) is 5.02. The molecule has 1 heterocycles. The van der Waals surface area contributed by atoms with Crippen LogP contribution < -0.4 is 0 Å². The molecule has 24 heavy (non-hydrogen) atoms. The summed E-state index contributed by atoms with van der Waals surface area (Å²) >= 11 is 0. The lowest BCUT2D eigenvalue weighted by atomic mass is 9.66. The van der Waals surface area contributed by atoms with Gasteiger partial charge in [0.1, 0.15) is 17.5 Å². The van der Waals surface area contributed by atoms with Crippen LogP contribution in [0, 0.1) is 17.5 Å². The Morgan fingerprint density at radius 3 is 2.00 bits per heavy atom. The number of benzene rings is 1. The van der Waals surface area contributed by atoms with Crippen LogP contribution in [0.5, 0.6) is 0 Å². The van der Waals surface area contributed by atoms with Gasteiger partial charge in [-0.3, -0.25) is 4.79 Å². The molecule has 1 atom stereocenters. The van der Waals surface area contributed by atoms with Gasteiger partial charge in [0, 0.05) is 23.5 Å². The molecule has 0 aliphatic carbocycles. The molecular weight excluding hydrogens is 324 g/mol. The lowest BCUT2D eigenvalue weighted by Gasteiger charge is -2.32. The Bertz CT molecular complexity index is 609. The van der Waals surface area contributed by atoms with Crippen LogP contribution in [0.3, 0.4) is 0 Å². The molecule has 8 heteroatoms. The van der Waals surface area contributed by atoms with Crippen molar-refractivity contribution >= 4 is 13.1 Å². The average molecular weight is 344 g/mol. The fourth-order valence-corrected chi connectivity index (χ4v) is 2.56. The Morgan fingerprint density at radius 2 is 1.58 bits per heavy atom. The van der Waals surface area contributed by atoms with Crippen molar-refractivity contribution in [3.8, 4) is 0 Å². The third-order valence-corrected chi connectivity index (χ3v) is 4.63. The first-order valence-electron chi connectivity index (χ1n) is 7.55. The van der Waals surface area contributed by atoms with Crippen molar-refractivity contribution in [2.45, 2.75) is 51.1 Å². The number of carbonyl (C=O) groups excluding carboxylic acids is 1. The van der Waals surface area contributed by atoms with E-state index >= 15 is 0 Å². The summed E-state index contributed by atoms with van der Waals surface area (Å²) in [6, 6.07) is 1.13. The Labute approximate surface area is 139 Å². The maximum absolute atomic E-state index is 14.2. The molecule has 1 saturated heterocycles. The van der Waals surface area contributed by atoms with Gasteiger partial charge in [-0.25, -0.2) is 13.2 Å². The Balaban J connectivity index is 2.46. The molecule has 1 unspecified atom stereocenters. The van der Waals surface area contributed by atoms with E-state index in [0.29, 0.717) is 12.1 Å². The van der Waals surface area contributed by atoms with E-state index in [2.05, 4.69) is 4.74 Å². The Morgan fingerprint density at radius 1 is 1.12 bits per heavy atom. The van der Waals surface area contributed by atoms with Gasteiger partial charge >= 0.3 is 13.1 Å². The molecule has 1 aromatic rings. The normalized spacial score (nSPS) is 20.1. The van der Waals surface area contributed by atoms with Crippen molar-refractivity contribution in [2.75, 3.05) is 7.11 Å².